The molecule has 0 N–H and O–H groups in total. The summed E-state index contributed by atoms with van der Waals surface area (Å²) in [5, 5.41) is 0. The first kappa shape index (κ1) is 32.1. The number of aromatic nitrogens is 1. The van der Waals surface area contributed by atoms with Crippen LogP contribution in [0.2, 0.25) is 0 Å². The fourth-order valence-corrected chi connectivity index (χ4v) is 6.01. The summed E-state index contributed by atoms with van der Waals surface area (Å²) in [6.07, 6.45) is -1.95. The number of amides is 2. The molecule has 9 nitrogen and oxygen atoms in total. The molecule has 1 fully saturated rings. The molecule has 5 rings (SSSR count). The van der Waals surface area contributed by atoms with Crippen LogP contribution in [-0.2, 0) is 11.3 Å². The Labute approximate surface area is 260 Å². The smallest absolute Gasteiger partial charge is 0.497 e. The van der Waals surface area contributed by atoms with Gasteiger partial charge in [-0.25, -0.2) is 4.79 Å². The van der Waals surface area contributed by atoms with Gasteiger partial charge in [0.05, 0.1) is 20.3 Å². The molecule has 45 heavy (non-hydrogen) atoms. The Morgan fingerprint density at radius 3 is 2.31 bits per heavy atom. The van der Waals surface area contributed by atoms with Crippen LogP contribution < -0.4 is 14.2 Å². The molecule has 2 aromatic carbocycles. The van der Waals surface area contributed by atoms with Gasteiger partial charge in [0.1, 0.15) is 28.5 Å². The molecule has 1 aromatic heterocycles. The van der Waals surface area contributed by atoms with E-state index in [9.17, 15) is 22.8 Å². The lowest BCUT2D eigenvalue weighted by Crippen LogP contribution is -2.48. The van der Waals surface area contributed by atoms with E-state index in [0.29, 0.717) is 60.8 Å². The Kier molecular flexibility index (Phi) is 8.95. The minimum atomic E-state index is -4.82. The molecule has 2 aliphatic heterocycles. The first-order valence-corrected chi connectivity index (χ1v) is 14.8. The van der Waals surface area contributed by atoms with Gasteiger partial charge in [-0.1, -0.05) is 12.1 Å². The monoisotopic (exact) mass is 629 g/mol. The van der Waals surface area contributed by atoms with Crippen LogP contribution in [0.25, 0.3) is 11.1 Å². The van der Waals surface area contributed by atoms with E-state index in [4.69, 9.17) is 14.2 Å². The van der Waals surface area contributed by atoms with E-state index in [1.165, 1.54) is 18.2 Å². The van der Waals surface area contributed by atoms with Gasteiger partial charge in [0.25, 0.3) is 5.91 Å². The molecule has 0 spiro atoms. The number of carbonyl (C=O) groups is 2. The van der Waals surface area contributed by atoms with Crippen LogP contribution in [-0.4, -0.2) is 72.2 Å². The molecule has 3 aromatic rings. The van der Waals surface area contributed by atoms with Crippen molar-refractivity contribution in [1.82, 2.24) is 14.4 Å². The summed E-state index contributed by atoms with van der Waals surface area (Å²) in [6.45, 7) is 7.21. The number of alkyl halides is 3. The number of hydrogen-bond donors (Lipinski definition) is 0. The Morgan fingerprint density at radius 1 is 0.933 bits per heavy atom. The number of piperidine rings is 1. The maximum Gasteiger partial charge on any atom is 0.573 e. The third kappa shape index (κ3) is 7.49. The lowest BCUT2D eigenvalue weighted by Gasteiger charge is -2.42. The summed E-state index contributed by atoms with van der Waals surface area (Å²) in [5.74, 6) is 0.799. The second kappa shape index (κ2) is 12.6. The molecular formula is C33H38F3N3O6. The second-order valence-electron chi connectivity index (χ2n) is 12.3. The predicted molar refractivity (Wildman–Crippen MR) is 160 cm³/mol. The Balaban J connectivity index is 1.45. The fourth-order valence-electron chi connectivity index (χ4n) is 6.01. The van der Waals surface area contributed by atoms with Crippen molar-refractivity contribution in [1.29, 1.82) is 0 Å². The van der Waals surface area contributed by atoms with Crippen molar-refractivity contribution in [3.8, 4) is 28.4 Å². The van der Waals surface area contributed by atoms with E-state index < -0.39 is 12.0 Å². The van der Waals surface area contributed by atoms with Gasteiger partial charge in [-0.05, 0) is 75.4 Å². The third-order valence-electron chi connectivity index (χ3n) is 8.11. The van der Waals surface area contributed by atoms with E-state index >= 15 is 0 Å². The molecule has 3 heterocycles. The number of carbonyl (C=O) groups excluding carboxylic acids is 2. The van der Waals surface area contributed by atoms with E-state index in [2.05, 4.69) is 4.74 Å². The van der Waals surface area contributed by atoms with Crippen LogP contribution in [0, 0.1) is 5.92 Å². The van der Waals surface area contributed by atoms with Gasteiger partial charge in [0.2, 0.25) is 0 Å². The van der Waals surface area contributed by atoms with Gasteiger partial charge in [-0.2, -0.15) is 0 Å². The normalized spacial score (nSPS) is 17.6. The molecular weight excluding hydrogens is 591 g/mol. The van der Waals surface area contributed by atoms with E-state index in [1.54, 1.807) is 42.2 Å². The summed E-state index contributed by atoms with van der Waals surface area (Å²) < 4.78 is 61.3. The summed E-state index contributed by atoms with van der Waals surface area (Å²) >= 11 is 0. The number of fused-ring (bicyclic) bond motifs is 1. The molecule has 12 heteroatoms. The topological polar surface area (TPSA) is 82.5 Å². The molecule has 2 aliphatic rings. The highest BCUT2D eigenvalue weighted by atomic mass is 19.4. The van der Waals surface area contributed by atoms with Gasteiger partial charge in [-0.15, -0.1) is 13.2 Å². The summed E-state index contributed by atoms with van der Waals surface area (Å²) in [6, 6.07) is 12.8. The average molecular weight is 630 g/mol. The summed E-state index contributed by atoms with van der Waals surface area (Å²) in [5.41, 5.74) is 1.74. The minimum absolute atomic E-state index is 0.121. The number of benzene rings is 2. The highest BCUT2D eigenvalue weighted by Crippen LogP contribution is 2.39. The highest BCUT2D eigenvalue weighted by molar-refractivity contribution is 5.95. The maximum absolute atomic E-state index is 13.9. The van der Waals surface area contributed by atoms with Crippen molar-refractivity contribution in [2.24, 2.45) is 5.92 Å². The fraction of sp³-hybridized carbons (Fsp3) is 0.455. The maximum atomic E-state index is 13.9. The number of ether oxygens (including phenoxy) is 4. The Hall–Kier alpha value is -4.35. The van der Waals surface area contributed by atoms with Crippen molar-refractivity contribution in [3.05, 3.63) is 66.0 Å². The van der Waals surface area contributed by atoms with Gasteiger partial charge < -0.3 is 33.3 Å². The van der Waals surface area contributed by atoms with Crippen molar-refractivity contribution in [2.75, 3.05) is 33.9 Å². The number of likely N-dealkylation sites (tertiary alicyclic amines) is 1. The molecule has 0 saturated carbocycles. The van der Waals surface area contributed by atoms with Gasteiger partial charge >= 0.3 is 12.5 Å². The van der Waals surface area contributed by atoms with Crippen LogP contribution >= 0.6 is 0 Å². The van der Waals surface area contributed by atoms with Crippen molar-refractivity contribution in [3.63, 3.8) is 0 Å². The number of hydrogen-bond acceptors (Lipinski definition) is 6. The first-order valence-electron chi connectivity index (χ1n) is 14.8. The third-order valence-corrected chi connectivity index (χ3v) is 8.11. The standard InChI is InChI=1S/C33H38F3N3O6/c1-32(2,3)45-31(41)37-13-11-21(12-14-37)28-20-38(18-23-9-10-25(42-4)17-29(23)43-5)30(40)27-16-24(19-39(27)28)22-7-6-8-26(15-22)44-33(34,35)36/h6-10,15-17,19,21,28H,11-14,18,20H2,1-5H3. The van der Waals surface area contributed by atoms with Crippen LogP contribution in [0.4, 0.5) is 18.0 Å². The molecule has 1 saturated heterocycles. The van der Waals surface area contributed by atoms with Crippen molar-refractivity contribution >= 4 is 12.0 Å². The summed E-state index contributed by atoms with van der Waals surface area (Å²) in [7, 11) is 3.13. The Morgan fingerprint density at radius 2 is 1.67 bits per heavy atom. The first-order chi connectivity index (χ1) is 21.2. The SMILES string of the molecule is COc1ccc(CN2CC(C3CCN(C(=O)OC(C)(C)C)CC3)n3cc(-c4cccc(OC(F)(F)F)c4)cc3C2=O)c(OC)c1. The lowest BCUT2D eigenvalue weighted by atomic mass is 9.87. The zero-order valence-electron chi connectivity index (χ0n) is 26.0. The second-order valence-corrected chi connectivity index (χ2v) is 12.3. The van der Waals surface area contributed by atoms with Crippen LogP contribution in [0.3, 0.4) is 0 Å². The number of nitrogens with zero attached hydrogens (tertiary/aromatic N) is 3. The molecule has 1 atom stereocenters. The minimum Gasteiger partial charge on any atom is -0.497 e. The average Bonchev–Trinajstić information content (AvgIpc) is 3.43. The Bertz CT molecular complexity index is 1540. The molecule has 1 unspecified atom stereocenters. The number of methoxy groups -OCH3 is 2. The zero-order chi connectivity index (χ0) is 32.5. The van der Waals surface area contributed by atoms with Crippen LogP contribution in [0.15, 0.2) is 54.7 Å². The van der Waals surface area contributed by atoms with E-state index in [-0.39, 0.29) is 36.3 Å². The van der Waals surface area contributed by atoms with Crippen LogP contribution in [0.1, 0.15) is 55.7 Å². The zero-order valence-corrected chi connectivity index (χ0v) is 26.0. The molecule has 2 amide bonds. The van der Waals surface area contributed by atoms with E-state index in [0.717, 1.165) is 5.56 Å². The van der Waals surface area contributed by atoms with Gasteiger partial charge in [0.15, 0.2) is 0 Å². The lowest BCUT2D eigenvalue weighted by molar-refractivity contribution is -0.274. The van der Waals surface area contributed by atoms with Gasteiger partial charge in [-0.3, -0.25) is 4.79 Å². The number of halogens is 3. The highest BCUT2D eigenvalue weighted by Gasteiger charge is 2.39. The number of rotatable bonds is 7. The molecule has 0 radical (unpaired) electrons. The molecule has 242 valence electrons. The van der Waals surface area contributed by atoms with Gasteiger partial charge in [0, 0.05) is 49.6 Å². The molecule has 0 aliphatic carbocycles. The largest absolute Gasteiger partial charge is 0.573 e. The van der Waals surface area contributed by atoms with Crippen molar-refractivity contribution in [2.45, 2.75) is 58.2 Å². The van der Waals surface area contributed by atoms with E-state index in [1.807, 2.05) is 43.7 Å². The quantitative estimate of drug-likeness (QED) is 0.282. The van der Waals surface area contributed by atoms with Crippen LogP contribution in [0.5, 0.6) is 17.2 Å². The summed E-state index contributed by atoms with van der Waals surface area (Å²) in [4.78, 5) is 30.1. The molecule has 0 bridgehead atoms. The van der Waals surface area contributed by atoms with Crippen molar-refractivity contribution < 1.29 is 41.7 Å². The predicted octanol–water partition coefficient (Wildman–Crippen LogP) is 6.92.